The van der Waals surface area contributed by atoms with Crippen molar-refractivity contribution in [3.05, 3.63) is 119 Å². The molecule has 0 saturated carbocycles. The Kier molecular flexibility index (Phi) is 9.18. The van der Waals surface area contributed by atoms with E-state index in [1.165, 1.54) is 22.3 Å². The van der Waals surface area contributed by atoms with Gasteiger partial charge in [0.1, 0.15) is 0 Å². The van der Waals surface area contributed by atoms with Crippen molar-refractivity contribution in [3.63, 3.8) is 0 Å². The molecule has 0 saturated heterocycles. The molecule has 47 heavy (non-hydrogen) atoms. The summed E-state index contributed by atoms with van der Waals surface area (Å²) in [5.41, 5.74) is 13.8. The van der Waals surface area contributed by atoms with E-state index >= 15 is 0 Å². The fourth-order valence-corrected chi connectivity index (χ4v) is 9.20. The van der Waals surface area contributed by atoms with Crippen molar-refractivity contribution in [2.24, 2.45) is 0 Å². The summed E-state index contributed by atoms with van der Waals surface area (Å²) in [6.07, 6.45) is 1.60. The zero-order chi connectivity index (χ0) is 36.7. The summed E-state index contributed by atoms with van der Waals surface area (Å²) in [7, 11) is 0. The standard InChI is InChI=1S/C45H55GeN/c1-28(2)38-22-36(33-17-14-13-15-18-33)23-39(29(3)4)45(38)42-26-43(47-27-32(42)9)34-19-16-20-35(21-34)44-40(30(5)6)24-37(46(10,11)12)25-41(44)31(7)8/h13-31H,1-12H3/i9D3. The molecular formula is C45H55GeN. The summed E-state index contributed by atoms with van der Waals surface area (Å²) in [5, 5.41) is 0. The van der Waals surface area contributed by atoms with Crippen LogP contribution in [0.25, 0.3) is 44.6 Å². The van der Waals surface area contributed by atoms with E-state index in [2.05, 4.69) is 145 Å². The normalized spacial score (nSPS) is 13.4. The minimum Gasteiger partial charge on any atom is -0.0622 e. The van der Waals surface area contributed by atoms with Gasteiger partial charge in [-0.1, -0.05) is 70.2 Å². The monoisotopic (exact) mass is 686 g/mol. The number of aryl methyl sites for hydroxylation is 1. The van der Waals surface area contributed by atoms with Crippen LogP contribution >= 0.6 is 0 Å². The minimum atomic E-state index is -2.32. The van der Waals surface area contributed by atoms with Gasteiger partial charge in [0.15, 0.2) is 0 Å². The van der Waals surface area contributed by atoms with Crippen LogP contribution < -0.4 is 4.40 Å². The molecule has 0 aliphatic rings. The smallest absolute Gasteiger partial charge is 0.0622 e. The number of hydrogen-bond donors (Lipinski definition) is 0. The first kappa shape index (κ1) is 30.9. The Morgan fingerprint density at radius 1 is 0.532 bits per heavy atom. The summed E-state index contributed by atoms with van der Waals surface area (Å²) in [6.45, 7) is 15.7. The average molecular weight is 686 g/mol. The molecule has 1 nitrogen and oxygen atoms in total. The van der Waals surface area contributed by atoms with Gasteiger partial charge >= 0.3 is 196 Å². The van der Waals surface area contributed by atoms with Gasteiger partial charge in [0.05, 0.1) is 0 Å². The Morgan fingerprint density at radius 3 is 1.55 bits per heavy atom. The second kappa shape index (κ2) is 14.0. The van der Waals surface area contributed by atoms with Crippen molar-refractivity contribution < 1.29 is 4.11 Å². The second-order valence-electron chi connectivity index (χ2n) is 15.5. The van der Waals surface area contributed by atoms with Crippen LogP contribution in [0.2, 0.25) is 17.3 Å². The Morgan fingerprint density at radius 2 is 1.04 bits per heavy atom. The van der Waals surface area contributed by atoms with Gasteiger partial charge in [-0.05, 0) is 23.0 Å². The maximum absolute atomic E-state index is 8.60. The number of benzene rings is 4. The van der Waals surface area contributed by atoms with Crippen LogP contribution in [0.5, 0.6) is 0 Å². The van der Waals surface area contributed by atoms with Crippen LogP contribution in [0.15, 0.2) is 91.1 Å². The van der Waals surface area contributed by atoms with E-state index in [9.17, 15) is 0 Å². The van der Waals surface area contributed by atoms with Gasteiger partial charge in [0.25, 0.3) is 0 Å². The molecule has 0 atom stereocenters. The first-order chi connectivity index (χ1) is 23.4. The molecule has 2 heteroatoms. The van der Waals surface area contributed by atoms with E-state index in [0.717, 1.165) is 44.6 Å². The molecule has 5 aromatic rings. The molecule has 0 N–H and O–H groups in total. The number of nitrogens with zero attached hydrogens (tertiary/aromatic N) is 1. The Hall–Kier alpha value is -3.43. The minimum absolute atomic E-state index is 0.180. The van der Waals surface area contributed by atoms with Crippen molar-refractivity contribution >= 4 is 17.7 Å². The third-order valence-electron chi connectivity index (χ3n) is 9.48. The van der Waals surface area contributed by atoms with Crippen LogP contribution in [0.1, 0.15) is 111 Å². The van der Waals surface area contributed by atoms with Gasteiger partial charge in [-0.3, -0.25) is 0 Å². The average Bonchev–Trinajstić information content (AvgIpc) is 3.06. The van der Waals surface area contributed by atoms with Crippen LogP contribution in [0, 0.1) is 6.85 Å². The van der Waals surface area contributed by atoms with E-state index in [0.29, 0.717) is 17.4 Å². The van der Waals surface area contributed by atoms with E-state index < -0.39 is 20.1 Å². The molecule has 1 aromatic heterocycles. The number of rotatable bonds is 9. The molecule has 244 valence electrons. The molecule has 0 unspecified atom stereocenters. The zero-order valence-electron chi connectivity index (χ0n) is 33.4. The van der Waals surface area contributed by atoms with Crippen LogP contribution in [-0.4, -0.2) is 18.3 Å². The second-order valence-corrected chi connectivity index (χ2v) is 26.1. The molecule has 5 rings (SSSR count). The van der Waals surface area contributed by atoms with Crippen molar-refractivity contribution in [2.75, 3.05) is 0 Å². The molecular weight excluding hydrogens is 627 g/mol. The first-order valence-corrected chi connectivity index (χ1v) is 24.8. The fourth-order valence-electron chi connectivity index (χ4n) is 6.73. The summed E-state index contributed by atoms with van der Waals surface area (Å²) >= 11 is -2.09. The van der Waals surface area contributed by atoms with Gasteiger partial charge in [-0.2, -0.15) is 0 Å². The molecule has 0 radical (unpaired) electrons. The Balaban J connectivity index is 1.78. The zero-order valence-corrected chi connectivity index (χ0v) is 32.5. The molecule has 0 bridgehead atoms. The topological polar surface area (TPSA) is 12.9 Å². The number of aromatic nitrogens is 1. The van der Waals surface area contributed by atoms with E-state index in [1.54, 1.807) is 10.6 Å². The van der Waals surface area contributed by atoms with Gasteiger partial charge < -0.3 is 0 Å². The molecule has 1 heterocycles. The van der Waals surface area contributed by atoms with Gasteiger partial charge in [0, 0.05) is 4.11 Å². The summed E-state index contributed by atoms with van der Waals surface area (Å²) in [5.74, 6) is 8.53. The SMILES string of the molecule is [2H]C([2H])([2H])c1cnc(-c2cccc(-c3c(C(C)C)c[c]([Ge]([CH3])([CH3])[CH3])cc3C(C)C)c2)cc1-c1c(C(C)C)cc(-c2ccccc2)cc1C(C)C. The third-order valence-corrected chi connectivity index (χ3v) is 13.7. The molecule has 4 aromatic carbocycles. The molecule has 0 aliphatic carbocycles. The fraction of sp³-hybridized carbons (Fsp3) is 0.356. The van der Waals surface area contributed by atoms with Crippen molar-refractivity contribution in [1.82, 2.24) is 4.98 Å². The molecule has 0 fully saturated rings. The van der Waals surface area contributed by atoms with Crippen LogP contribution in [-0.2, 0) is 0 Å². The van der Waals surface area contributed by atoms with Gasteiger partial charge in [-0.25, -0.2) is 0 Å². The van der Waals surface area contributed by atoms with Crippen LogP contribution in [0.4, 0.5) is 0 Å². The maximum atomic E-state index is 8.60. The predicted octanol–water partition coefficient (Wildman–Crippen LogP) is 13.1. The van der Waals surface area contributed by atoms with Crippen molar-refractivity contribution in [3.8, 4) is 44.6 Å². The summed E-state index contributed by atoms with van der Waals surface area (Å²) in [6, 6.07) is 30.7. The van der Waals surface area contributed by atoms with Crippen molar-refractivity contribution in [2.45, 2.75) is 103 Å². The van der Waals surface area contributed by atoms with Gasteiger partial charge in [0.2, 0.25) is 0 Å². The molecule has 0 amide bonds. The van der Waals surface area contributed by atoms with E-state index in [4.69, 9.17) is 9.10 Å². The van der Waals surface area contributed by atoms with E-state index in [-0.39, 0.29) is 11.8 Å². The predicted molar refractivity (Wildman–Crippen MR) is 210 cm³/mol. The Labute approximate surface area is 292 Å². The summed E-state index contributed by atoms with van der Waals surface area (Å²) in [4.78, 5) is 4.86. The number of hydrogen-bond acceptors (Lipinski definition) is 1. The summed E-state index contributed by atoms with van der Waals surface area (Å²) < 4.78 is 27.4. The number of pyridine rings is 1. The Bertz CT molecular complexity index is 1920. The molecule has 0 aliphatic heterocycles. The van der Waals surface area contributed by atoms with Crippen molar-refractivity contribution in [1.29, 1.82) is 0 Å². The van der Waals surface area contributed by atoms with E-state index in [1.807, 2.05) is 12.1 Å². The third kappa shape index (κ3) is 7.36. The van der Waals surface area contributed by atoms with Gasteiger partial charge in [-0.15, -0.1) is 0 Å². The quantitative estimate of drug-likeness (QED) is 0.141. The van der Waals surface area contributed by atoms with Crippen LogP contribution in [0.3, 0.4) is 0 Å². The molecule has 0 spiro atoms. The first-order valence-electron chi connectivity index (χ1n) is 18.9.